The van der Waals surface area contributed by atoms with Gasteiger partial charge in [-0.1, -0.05) is 6.92 Å². The van der Waals surface area contributed by atoms with Gasteiger partial charge in [0, 0.05) is 0 Å². The molecule has 0 saturated heterocycles. The van der Waals surface area contributed by atoms with E-state index < -0.39 is 0 Å². The van der Waals surface area contributed by atoms with E-state index in [9.17, 15) is 4.79 Å². The Balaban J connectivity index is 2.38. The van der Waals surface area contributed by atoms with Crippen molar-refractivity contribution in [3.8, 4) is 0 Å². The Hall–Kier alpha value is -1.43. The molecule has 1 unspecified atom stereocenters. The van der Waals surface area contributed by atoms with Gasteiger partial charge in [0.15, 0.2) is 0 Å². The van der Waals surface area contributed by atoms with Crippen LogP contribution in [0.2, 0.25) is 0 Å². The zero-order valence-electron chi connectivity index (χ0n) is 8.28. The number of carbonyl (C=O) groups is 1. The Bertz CT molecular complexity index is 273. The molecule has 0 fully saturated rings. The average molecular weight is 198 g/mol. The van der Waals surface area contributed by atoms with Crippen molar-refractivity contribution in [3.63, 3.8) is 0 Å². The Labute approximate surface area is 82.1 Å². The fourth-order valence-corrected chi connectivity index (χ4v) is 1.07. The summed E-state index contributed by atoms with van der Waals surface area (Å²) < 4.78 is 4.63. The Morgan fingerprint density at radius 1 is 1.79 bits per heavy atom. The molecule has 78 valence electrons. The highest BCUT2D eigenvalue weighted by Gasteiger charge is 2.15. The number of hydrogen-bond acceptors (Lipinski definition) is 5. The van der Waals surface area contributed by atoms with E-state index in [-0.39, 0.29) is 12.0 Å². The van der Waals surface area contributed by atoms with Crippen molar-refractivity contribution >= 4 is 5.97 Å². The molecule has 1 atom stereocenters. The summed E-state index contributed by atoms with van der Waals surface area (Å²) in [5, 5.41) is 9.41. The van der Waals surface area contributed by atoms with Gasteiger partial charge in [-0.3, -0.25) is 15.2 Å². The summed E-state index contributed by atoms with van der Waals surface area (Å²) in [5.74, 6) is 0.444. The van der Waals surface area contributed by atoms with E-state index in [1.165, 1.54) is 13.4 Å². The van der Waals surface area contributed by atoms with Gasteiger partial charge in [0.05, 0.1) is 13.7 Å². The van der Waals surface area contributed by atoms with Gasteiger partial charge in [-0.2, -0.15) is 5.10 Å². The van der Waals surface area contributed by atoms with Crippen LogP contribution in [-0.2, 0) is 16.1 Å². The second kappa shape index (κ2) is 5.33. The van der Waals surface area contributed by atoms with E-state index in [1.54, 1.807) is 0 Å². The molecular weight excluding hydrogens is 184 g/mol. The average Bonchev–Trinajstić information content (AvgIpc) is 2.71. The highest BCUT2D eigenvalue weighted by atomic mass is 16.5. The summed E-state index contributed by atoms with van der Waals surface area (Å²) in [7, 11) is 1.38. The molecule has 0 aliphatic rings. The Kier molecular flexibility index (Phi) is 4.06. The highest BCUT2D eigenvalue weighted by Crippen LogP contribution is 1.95. The minimum atomic E-state index is -0.287. The van der Waals surface area contributed by atoms with Gasteiger partial charge < -0.3 is 4.74 Å². The van der Waals surface area contributed by atoms with Crippen LogP contribution in [0.15, 0.2) is 6.33 Å². The first-order valence-corrected chi connectivity index (χ1v) is 4.43. The first-order chi connectivity index (χ1) is 6.77. The molecular formula is C8H14N4O2. The number of nitrogens with one attached hydrogen (secondary N) is 2. The lowest BCUT2D eigenvalue weighted by Crippen LogP contribution is -2.36. The van der Waals surface area contributed by atoms with Gasteiger partial charge in [0.1, 0.15) is 18.2 Å². The lowest BCUT2D eigenvalue weighted by atomic mass is 10.2. The molecule has 0 amide bonds. The first kappa shape index (κ1) is 10.6. The summed E-state index contributed by atoms with van der Waals surface area (Å²) in [6.07, 6.45) is 2.11. The molecule has 6 nitrogen and oxygen atoms in total. The van der Waals surface area contributed by atoms with Crippen LogP contribution in [0, 0.1) is 0 Å². The molecule has 0 radical (unpaired) electrons. The maximum atomic E-state index is 11.2. The monoisotopic (exact) mass is 198 g/mol. The van der Waals surface area contributed by atoms with Crippen LogP contribution in [0.4, 0.5) is 0 Å². The third-order valence-electron chi connectivity index (χ3n) is 1.87. The maximum absolute atomic E-state index is 11.2. The minimum Gasteiger partial charge on any atom is -0.468 e. The molecule has 0 spiro atoms. The number of hydrogen-bond donors (Lipinski definition) is 2. The first-order valence-electron chi connectivity index (χ1n) is 4.43. The number of carbonyl (C=O) groups excluding carboxylic acids is 1. The van der Waals surface area contributed by atoms with Crippen molar-refractivity contribution in [2.75, 3.05) is 7.11 Å². The van der Waals surface area contributed by atoms with Crippen LogP contribution in [-0.4, -0.2) is 34.3 Å². The lowest BCUT2D eigenvalue weighted by Gasteiger charge is -2.12. The van der Waals surface area contributed by atoms with Gasteiger partial charge in [-0.25, -0.2) is 4.98 Å². The van der Waals surface area contributed by atoms with Crippen LogP contribution in [0.3, 0.4) is 0 Å². The molecule has 0 bridgehead atoms. The number of H-pyrrole nitrogens is 1. The SMILES string of the molecule is CCC(NCc1ncn[nH]1)C(=O)OC. The van der Waals surface area contributed by atoms with Crippen LogP contribution in [0.1, 0.15) is 19.2 Å². The van der Waals surface area contributed by atoms with Crippen molar-refractivity contribution in [1.82, 2.24) is 20.5 Å². The quantitative estimate of drug-likeness (QED) is 0.643. The Morgan fingerprint density at radius 3 is 3.07 bits per heavy atom. The van der Waals surface area contributed by atoms with Crippen molar-refractivity contribution < 1.29 is 9.53 Å². The molecule has 2 N–H and O–H groups in total. The van der Waals surface area contributed by atoms with E-state index in [0.717, 1.165) is 0 Å². The summed E-state index contributed by atoms with van der Waals surface area (Å²) in [6.45, 7) is 2.39. The fraction of sp³-hybridized carbons (Fsp3) is 0.625. The maximum Gasteiger partial charge on any atom is 0.322 e. The van der Waals surface area contributed by atoms with Crippen molar-refractivity contribution in [2.24, 2.45) is 0 Å². The van der Waals surface area contributed by atoms with Crippen molar-refractivity contribution in [1.29, 1.82) is 0 Å². The zero-order valence-corrected chi connectivity index (χ0v) is 8.28. The van der Waals surface area contributed by atoms with E-state index in [1.807, 2.05) is 6.92 Å². The predicted molar refractivity (Wildman–Crippen MR) is 49.3 cm³/mol. The number of ether oxygens (including phenoxy) is 1. The predicted octanol–water partition coefficient (Wildman–Crippen LogP) is -0.154. The third-order valence-corrected chi connectivity index (χ3v) is 1.87. The molecule has 14 heavy (non-hydrogen) atoms. The van der Waals surface area contributed by atoms with Gasteiger partial charge in [0.25, 0.3) is 0 Å². The summed E-state index contributed by atoms with van der Waals surface area (Å²) in [5.41, 5.74) is 0. The Morgan fingerprint density at radius 2 is 2.57 bits per heavy atom. The number of aromatic amines is 1. The van der Waals surface area contributed by atoms with Gasteiger partial charge in [-0.15, -0.1) is 0 Å². The molecule has 0 aliphatic carbocycles. The number of esters is 1. The second-order valence-corrected chi connectivity index (χ2v) is 2.80. The topological polar surface area (TPSA) is 79.9 Å². The normalized spacial score (nSPS) is 12.4. The third kappa shape index (κ3) is 2.81. The van der Waals surface area contributed by atoms with E-state index >= 15 is 0 Å². The fourth-order valence-electron chi connectivity index (χ4n) is 1.07. The molecule has 0 aromatic carbocycles. The number of nitrogens with zero attached hydrogens (tertiary/aromatic N) is 2. The second-order valence-electron chi connectivity index (χ2n) is 2.80. The van der Waals surface area contributed by atoms with Crippen molar-refractivity contribution in [2.45, 2.75) is 25.9 Å². The molecule has 0 aliphatic heterocycles. The van der Waals surface area contributed by atoms with Crippen molar-refractivity contribution in [3.05, 3.63) is 12.2 Å². The standard InChI is InChI=1S/C8H14N4O2/c1-3-6(8(13)14-2)9-4-7-10-5-11-12-7/h5-6,9H,3-4H2,1-2H3,(H,10,11,12). The minimum absolute atomic E-state index is 0.257. The summed E-state index contributed by atoms with van der Waals surface area (Å²) >= 11 is 0. The van der Waals surface area contributed by atoms with E-state index in [4.69, 9.17) is 0 Å². The summed E-state index contributed by atoms with van der Waals surface area (Å²) in [6, 6.07) is -0.287. The van der Waals surface area contributed by atoms with Crippen LogP contribution in [0.5, 0.6) is 0 Å². The number of rotatable bonds is 5. The summed E-state index contributed by atoms with van der Waals surface area (Å²) in [4.78, 5) is 15.1. The van der Waals surface area contributed by atoms with Gasteiger partial charge in [-0.05, 0) is 6.42 Å². The largest absolute Gasteiger partial charge is 0.468 e. The van der Waals surface area contributed by atoms with E-state index in [0.29, 0.717) is 18.8 Å². The van der Waals surface area contributed by atoms with Gasteiger partial charge in [0.2, 0.25) is 0 Å². The van der Waals surface area contributed by atoms with Crippen LogP contribution in [0.25, 0.3) is 0 Å². The molecule has 1 aromatic heterocycles. The molecule has 1 aromatic rings. The molecule has 0 saturated carbocycles. The molecule has 1 heterocycles. The molecule has 6 heteroatoms. The zero-order chi connectivity index (χ0) is 10.4. The number of methoxy groups -OCH3 is 1. The van der Waals surface area contributed by atoms with Gasteiger partial charge >= 0.3 is 5.97 Å². The molecule has 1 rings (SSSR count). The highest BCUT2D eigenvalue weighted by molar-refractivity contribution is 5.75. The van der Waals surface area contributed by atoms with Crippen LogP contribution >= 0.6 is 0 Å². The van der Waals surface area contributed by atoms with Crippen LogP contribution < -0.4 is 5.32 Å². The smallest absolute Gasteiger partial charge is 0.322 e. The lowest BCUT2D eigenvalue weighted by molar-refractivity contribution is -0.143. The number of aromatic nitrogens is 3. The van der Waals surface area contributed by atoms with E-state index in [2.05, 4.69) is 25.2 Å².